The van der Waals surface area contributed by atoms with E-state index >= 15 is 0 Å². The number of aromatic amines is 1. The first-order valence-corrected chi connectivity index (χ1v) is 9.50. The number of H-pyrrole nitrogens is 1. The predicted molar refractivity (Wildman–Crippen MR) is 107 cm³/mol. The topological polar surface area (TPSA) is 66.2 Å². The van der Waals surface area contributed by atoms with Gasteiger partial charge >= 0.3 is 6.03 Å². The minimum atomic E-state index is -0.173. The van der Waals surface area contributed by atoms with E-state index in [4.69, 9.17) is 16.3 Å². The maximum absolute atomic E-state index is 12.4. The molecule has 4 rings (SSSR count). The second-order valence-corrected chi connectivity index (χ2v) is 7.21. The number of hydrogen-bond donors (Lipinski definition) is 3. The number of aryl methyl sites for hydroxylation is 1. The molecule has 0 spiro atoms. The van der Waals surface area contributed by atoms with Crippen LogP contribution < -0.4 is 15.4 Å². The number of rotatable bonds is 4. The minimum absolute atomic E-state index is 0.0342. The summed E-state index contributed by atoms with van der Waals surface area (Å²) in [6, 6.07) is 13.4. The fourth-order valence-electron chi connectivity index (χ4n) is 3.73. The fraction of sp³-hybridized carbons (Fsp3) is 0.286. The van der Waals surface area contributed by atoms with Gasteiger partial charge in [-0.1, -0.05) is 35.9 Å². The fourth-order valence-corrected chi connectivity index (χ4v) is 3.95. The molecule has 2 aromatic carbocycles. The Morgan fingerprint density at radius 1 is 1.26 bits per heavy atom. The molecule has 6 heteroatoms. The van der Waals surface area contributed by atoms with E-state index in [0.29, 0.717) is 11.6 Å². The average molecular weight is 384 g/mol. The number of amides is 2. The molecular weight excluding hydrogens is 362 g/mol. The van der Waals surface area contributed by atoms with Crippen LogP contribution in [0, 0.1) is 0 Å². The first-order valence-electron chi connectivity index (χ1n) is 9.12. The number of ether oxygens (including phenoxy) is 1. The molecule has 0 bridgehead atoms. The largest absolute Gasteiger partial charge is 0.497 e. The lowest BCUT2D eigenvalue weighted by Crippen LogP contribution is -2.38. The number of methoxy groups -OCH3 is 1. The van der Waals surface area contributed by atoms with Crippen molar-refractivity contribution in [3.05, 3.63) is 64.3 Å². The van der Waals surface area contributed by atoms with Gasteiger partial charge in [0, 0.05) is 17.6 Å². The second-order valence-electron chi connectivity index (χ2n) is 6.80. The van der Waals surface area contributed by atoms with Gasteiger partial charge in [0.05, 0.1) is 23.7 Å². The molecule has 140 valence electrons. The van der Waals surface area contributed by atoms with Crippen molar-refractivity contribution >= 4 is 28.5 Å². The third-order valence-electron chi connectivity index (χ3n) is 5.11. The number of halogens is 1. The summed E-state index contributed by atoms with van der Waals surface area (Å²) in [5.41, 5.74) is 4.31. The van der Waals surface area contributed by atoms with E-state index in [9.17, 15) is 4.79 Å². The maximum atomic E-state index is 12.4. The maximum Gasteiger partial charge on any atom is 0.315 e. The van der Waals surface area contributed by atoms with Gasteiger partial charge in [0.1, 0.15) is 5.75 Å². The summed E-state index contributed by atoms with van der Waals surface area (Å²) in [6.45, 7) is 0.466. The summed E-state index contributed by atoms with van der Waals surface area (Å²) >= 11 is 6.33. The number of carbonyl (C=O) groups excluding carboxylic acids is 1. The Balaban J connectivity index is 1.45. The Morgan fingerprint density at radius 3 is 2.85 bits per heavy atom. The van der Waals surface area contributed by atoms with Gasteiger partial charge in [-0.15, -0.1) is 0 Å². The van der Waals surface area contributed by atoms with Crippen molar-refractivity contribution in [2.24, 2.45) is 0 Å². The van der Waals surface area contributed by atoms with Crippen LogP contribution in [0.25, 0.3) is 10.9 Å². The number of hydrogen-bond acceptors (Lipinski definition) is 2. The molecule has 1 aliphatic carbocycles. The third kappa shape index (κ3) is 3.60. The van der Waals surface area contributed by atoms with E-state index in [2.05, 4.69) is 21.7 Å². The van der Waals surface area contributed by atoms with E-state index < -0.39 is 0 Å². The summed E-state index contributed by atoms with van der Waals surface area (Å²) in [6.07, 6.45) is 2.95. The first-order chi connectivity index (χ1) is 13.2. The molecule has 2 amide bonds. The van der Waals surface area contributed by atoms with Crippen LogP contribution in [0.4, 0.5) is 4.79 Å². The smallest absolute Gasteiger partial charge is 0.315 e. The van der Waals surface area contributed by atoms with Gasteiger partial charge in [-0.25, -0.2) is 4.79 Å². The lowest BCUT2D eigenvalue weighted by Gasteiger charge is -2.24. The highest BCUT2D eigenvalue weighted by Gasteiger charge is 2.26. The summed E-state index contributed by atoms with van der Waals surface area (Å²) in [4.78, 5) is 15.9. The van der Waals surface area contributed by atoms with Gasteiger partial charge < -0.3 is 20.4 Å². The lowest BCUT2D eigenvalue weighted by atomic mass is 9.92. The molecule has 0 saturated heterocycles. The van der Waals surface area contributed by atoms with Gasteiger partial charge in [0.2, 0.25) is 0 Å². The zero-order valence-electron chi connectivity index (χ0n) is 15.1. The number of aromatic nitrogens is 1. The normalized spacial score (nSPS) is 16.0. The molecule has 3 N–H and O–H groups in total. The van der Waals surface area contributed by atoms with Crippen molar-refractivity contribution in [1.82, 2.24) is 15.6 Å². The van der Waals surface area contributed by atoms with Gasteiger partial charge in [0.25, 0.3) is 0 Å². The zero-order valence-corrected chi connectivity index (χ0v) is 15.9. The number of urea groups is 1. The monoisotopic (exact) mass is 383 g/mol. The van der Waals surface area contributed by atoms with Crippen molar-refractivity contribution in [2.45, 2.75) is 31.8 Å². The molecule has 0 fully saturated rings. The second kappa shape index (κ2) is 7.53. The SMILES string of the molecule is COc1ccc(CNC(=O)N[C@@H]2CCCc3c2[nH]c2c(Cl)cccc32)cc1. The van der Waals surface area contributed by atoms with Gasteiger partial charge in [0.15, 0.2) is 0 Å². The molecule has 1 aromatic heterocycles. The molecule has 0 radical (unpaired) electrons. The molecule has 3 aromatic rings. The van der Waals surface area contributed by atoms with Crippen molar-refractivity contribution in [3.63, 3.8) is 0 Å². The third-order valence-corrected chi connectivity index (χ3v) is 5.42. The molecule has 27 heavy (non-hydrogen) atoms. The molecule has 0 unspecified atom stereocenters. The standard InChI is InChI=1S/C21H22ClN3O2/c1-27-14-10-8-13(9-11-14)12-23-21(26)24-18-7-3-5-16-15-4-2-6-17(22)19(15)25-20(16)18/h2,4,6,8-11,18,25H,3,5,7,12H2,1H3,(H2,23,24,26)/t18-/m1/s1. The van der Waals surface area contributed by atoms with Crippen LogP contribution in [0.15, 0.2) is 42.5 Å². The number of para-hydroxylation sites is 1. The average Bonchev–Trinajstić information content (AvgIpc) is 3.08. The molecular formula is C21H22ClN3O2. The van der Waals surface area contributed by atoms with E-state index in [-0.39, 0.29) is 12.1 Å². The number of nitrogens with one attached hydrogen (secondary N) is 3. The Hall–Kier alpha value is -2.66. The van der Waals surface area contributed by atoms with Gasteiger partial charge in [-0.05, 0) is 48.6 Å². The Bertz CT molecular complexity index is 965. The minimum Gasteiger partial charge on any atom is -0.497 e. The quantitative estimate of drug-likeness (QED) is 0.611. The molecule has 1 heterocycles. The summed E-state index contributed by atoms with van der Waals surface area (Å²) in [5, 5.41) is 7.90. The van der Waals surface area contributed by atoms with E-state index in [0.717, 1.165) is 47.2 Å². The Morgan fingerprint density at radius 2 is 2.07 bits per heavy atom. The highest BCUT2D eigenvalue weighted by Crippen LogP contribution is 2.36. The number of benzene rings is 2. The summed E-state index contributed by atoms with van der Waals surface area (Å²) < 4.78 is 5.15. The van der Waals surface area contributed by atoms with Crippen LogP contribution >= 0.6 is 11.6 Å². The van der Waals surface area contributed by atoms with Crippen LogP contribution in [0.1, 0.15) is 35.7 Å². The predicted octanol–water partition coefficient (Wildman–Crippen LogP) is 4.71. The summed E-state index contributed by atoms with van der Waals surface area (Å²) in [7, 11) is 1.64. The number of fused-ring (bicyclic) bond motifs is 3. The highest BCUT2D eigenvalue weighted by molar-refractivity contribution is 6.35. The molecule has 0 saturated carbocycles. The van der Waals surface area contributed by atoms with Gasteiger partial charge in [-0.2, -0.15) is 0 Å². The van der Waals surface area contributed by atoms with Crippen molar-refractivity contribution in [2.75, 3.05) is 7.11 Å². The Labute approximate surface area is 163 Å². The van der Waals surface area contributed by atoms with Crippen molar-refractivity contribution in [3.8, 4) is 5.75 Å². The van der Waals surface area contributed by atoms with Crippen LogP contribution in [-0.2, 0) is 13.0 Å². The molecule has 0 aliphatic heterocycles. The molecule has 1 atom stereocenters. The molecule has 5 nitrogen and oxygen atoms in total. The van der Waals surface area contributed by atoms with Crippen molar-refractivity contribution in [1.29, 1.82) is 0 Å². The zero-order chi connectivity index (χ0) is 18.8. The van der Waals surface area contributed by atoms with Crippen LogP contribution in [0.5, 0.6) is 5.75 Å². The van der Waals surface area contributed by atoms with Crippen LogP contribution in [0.2, 0.25) is 5.02 Å². The van der Waals surface area contributed by atoms with Crippen LogP contribution in [0.3, 0.4) is 0 Å². The lowest BCUT2D eigenvalue weighted by molar-refractivity contribution is 0.235. The highest BCUT2D eigenvalue weighted by atomic mass is 35.5. The summed E-state index contributed by atoms with van der Waals surface area (Å²) in [5.74, 6) is 0.801. The van der Waals surface area contributed by atoms with Gasteiger partial charge in [-0.3, -0.25) is 0 Å². The molecule has 1 aliphatic rings. The van der Waals surface area contributed by atoms with E-state index in [1.165, 1.54) is 5.56 Å². The number of carbonyl (C=O) groups is 1. The first kappa shape index (κ1) is 17.7. The Kier molecular flexibility index (Phi) is 4.94. The van der Waals surface area contributed by atoms with E-state index in [1.54, 1.807) is 7.11 Å². The van der Waals surface area contributed by atoms with Crippen LogP contribution in [-0.4, -0.2) is 18.1 Å². The van der Waals surface area contributed by atoms with E-state index in [1.807, 2.05) is 36.4 Å². The van der Waals surface area contributed by atoms with Crippen molar-refractivity contribution < 1.29 is 9.53 Å².